The molecule has 1 atom stereocenters. The van der Waals surface area contributed by atoms with E-state index in [9.17, 15) is 13.9 Å². The number of aryl methyl sites for hydroxylation is 1. The van der Waals surface area contributed by atoms with Gasteiger partial charge in [-0.25, -0.2) is 8.78 Å². The number of aliphatic hydroxyl groups excluding tert-OH is 1. The van der Waals surface area contributed by atoms with Gasteiger partial charge in [0, 0.05) is 64.2 Å². The van der Waals surface area contributed by atoms with E-state index in [0.717, 1.165) is 31.7 Å². The fourth-order valence-electron chi connectivity index (χ4n) is 3.42. The molecule has 3 rings (SSSR count). The number of hydrogen-bond acceptors (Lipinski definition) is 4. The highest BCUT2D eigenvalue weighted by molar-refractivity contribution is 5.18. The summed E-state index contributed by atoms with van der Waals surface area (Å²) < 4.78 is 28.3. The first kappa shape index (κ1) is 18.0. The van der Waals surface area contributed by atoms with Crippen molar-refractivity contribution in [1.29, 1.82) is 0 Å². The Bertz CT molecular complexity index is 706. The second kappa shape index (κ2) is 8.03. The van der Waals surface area contributed by atoms with Crippen LogP contribution < -0.4 is 0 Å². The molecule has 5 nitrogen and oxygen atoms in total. The Morgan fingerprint density at radius 2 is 2.00 bits per heavy atom. The van der Waals surface area contributed by atoms with Gasteiger partial charge in [0.2, 0.25) is 0 Å². The van der Waals surface area contributed by atoms with Crippen molar-refractivity contribution < 1.29 is 13.9 Å². The number of piperazine rings is 1. The molecule has 0 aliphatic carbocycles. The smallest absolute Gasteiger partial charge is 0.159 e. The largest absolute Gasteiger partial charge is 0.396 e. The monoisotopic (exact) mass is 350 g/mol. The molecule has 2 heterocycles. The highest BCUT2D eigenvalue weighted by Gasteiger charge is 2.27. The average molecular weight is 350 g/mol. The van der Waals surface area contributed by atoms with Gasteiger partial charge in [-0.05, 0) is 24.1 Å². The van der Waals surface area contributed by atoms with Gasteiger partial charge >= 0.3 is 0 Å². The second-order valence-corrected chi connectivity index (χ2v) is 6.64. The van der Waals surface area contributed by atoms with Crippen LogP contribution in [0.4, 0.5) is 8.78 Å². The molecule has 136 valence electrons. The molecule has 0 radical (unpaired) electrons. The van der Waals surface area contributed by atoms with Gasteiger partial charge in [-0.15, -0.1) is 0 Å². The minimum Gasteiger partial charge on any atom is -0.396 e. The minimum absolute atomic E-state index is 0.111. The van der Waals surface area contributed by atoms with E-state index in [2.05, 4.69) is 14.9 Å². The van der Waals surface area contributed by atoms with Crippen molar-refractivity contribution in [3.05, 3.63) is 53.4 Å². The molecule has 0 unspecified atom stereocenters. The molecule has 7 heteroatoms. The molecule has 1 aliphatic heterocycles. The maximum Gasteiger partial charge on any atom is 0.159 e. The quantitative estimate of drug-likeness (QED) is 0.862. The van der Waals surface area contributed by atoms with Gasteiger partial charge in [0.15, 0.2) is 11.6 Å². The van der Waals surface area contributed by atoms with Crippen LogP contribution >= 0.6 is 0 Å². The molecule has 1 saturated heterocycles. The van der Waals surface area contributed by atoms with E-state index in [1.54, 1.807) is 10.7 Å². The van der Waals surface area contributed by atoms with E-state index in [-0.39, 0.29) is 12.6 Å². The van der Waals surface area contributed by atoms with Crippen molar-refractivity contribution >= 4 is 0 Å². The van der Waals surface area contributed by atoms with Crippen molar-refractivity contribution in [3.63, 3.8) is 0 Å². The number of hydrogen-bond donors (Lipinski definition) is 1. The van der Waals surface area contributed by atoms with Crippen molar-refractivity contribution in [1.82, 2.24) is 19.6 Å². The number of aromatic nitrogens is 2. The van der Waals surface area contributed by atoms with Crippen LogP contribution in [0.2, 0.25) is 0 Å². The summed E-state index contributed by atoms with van der Waals surface area (Å²) >= 11 is 0. The Morgan fingerprint density at radius 3 is 2.68 bits per heavy atom. The third-order valence-electron chi connectivity index (χ3n) is 4.69. The van der Waals surface area contributed by atoms with Crippen molar-refractivity contribution in [2.45, 2.75) is 25.6 Å². The molecular formula is C18H24F2N4O. The summed E-state index contributed by atoms with van der Waals surface area (Å²) in [7, 11) is 1.90. The molecule has 1 aromatic heterocycles. The normalized spacial score (nSPS) is 19.4. The van der Waals surface area contributed by atoms with Crippen LogP contribution in [0.25, 0.3) is 0 Å². The first-order valence-corrected chi connectivity index (χ1v) is 8.54. The molecule has 2 aromatic rings. The van der Waals surface area contributed by atoms with E-state index in [4.69, 9.17) is 0 Å². The molecular weight excluding hydrogens is 326 g/mol. The van der Waals surface area contributed by atoms with Crippen LogP contribution in [0, 0.1) is 11.6 Å². The van der Waals surface area contributed by atoms with E-state index < -0.39 is 11.6 Å². The Labute approximate surface area is 146 Å². The lowest BCUT2D eigenvalue weighted by atomic mass is 10.1. The lowest BCUT2D eigenvalue weighted by molar-refractivity contribution is 0.0499. The van der Waals surface area contributed by atoms with Crippen LogP contribution in [0.15, 0.2) is 30.6 Å². The molecule has 25 heavy (non-hydrogen) atoms. The Balaban J connectivity index is 1.63. The van der Waals surface area contributed by atoms with E-state index in [1.807, 2.05) is 19.4 Å². The zero-order valence-corrected chi connectivity index (χ0v) is 14.4. The molecule has 1 aromatic carbocycles. The lowest BCUT2D eigenvalue weighted by Gasteiger charge is -2.41. The fourth-order valence-corrected chi connectivity index (χ4v) is 3.42. The van der Waals surface area contributed by atoms with Crippen LogP contribution in [0.5, 0.6) is 0 Å². The summed E-state index contributed by atoms with van der Waals surface area (Å²) in [6.07, 6.45) is 4.54. The van der Waals surface area contributed by atoms with Crippen molar-refractivity contribution in [2.75, 3.05) is 26.2 Å². The molecule has 1 fully saturated rings. The predicted molar refractivity (Wildman–Crippen MR) is 90.7 cm³/mol. The number of aliphatic hydroxyl groups is 1. The molecule has 0 saturated carbocycles. The molecule has 1 aliphatic rings. The standard InChI is InChI=1S/C18H24F2N4O/c1-22-10-15(9-21-22)11-23-5-6-24(16(13-23)4-7-25)12-14-2-3-17(19)18(20)8-14/h2-3,8-10,16,25H,4-7,11-13H2,1H3/t16-/m0/s1. The summed E-state index contributed by atoms with van der Waals surface area (Å²) in [5, 5.41) is 13.6. The van der Waals surface area contributed by atoms with Crippen molar-refractivity contribution in [3.8, 4) is 0 Å². The Morgan fingerprint density at radius 1 is 1.16 bits per heavy atom. The maximum absolute atomic E-state index is 13.4. The minimum atomic E-state index is -0.822. The van der Waals surface area contributed by atoms with Crippen LogP contribution in [0.1, 0.15) is 17.5 Å². The number of halogens is 2. The van der Waals surface area contributed by atoms with E-state index in [1.165, 1.54) is 17.7 Å². The molecule has 0 amide bonds. The Hall–Kier alpha value is -1.83. The second-order valence-electron chi connectivity index (χ2n) is 6.64. The van der Waals surface area contributed by atoms with Gasteiger partial charge in [0.1, 0.15) is 0 Å². The van der Waals surface area contributed by atoms with Crippen LogP contribution in [-0.2, 0) is 20.1 Å². The molecule has 1 N–H and O–H groups in total. The highest BCUT2D eigenvalue weighted by atomic mass is 19.2. The summed E-state index contributed by atoms with van der Waals surface area (Å²) in [6, 6.07) is 4.23. The highest BCUT2D eigenvalue weighted by Crippen LogP contribution is 2.19. The van der Waals surface area contributed by atoms with Gasteiger partial charge in [0.05, 0.1) is 6.20 Å². The fraction of sp³-hybridized carbons (Fsp3) is 0.500. The summed E-state index contributed by atoms with van der Waals surface area (Å²) in [5.41, 5.74) is 1.92. The average Bonchev–Trinajstić information content (AvgIpc) is 2.98. The summed E-state index contributed by atoms with van der Waals surface area (Å²) in [4.78, 5) is 4.59. The summed E-state index contributed by atoms with van der Waals surface area (Å²) in [5.74, 6) is -1.64. The van der Waals surface area contributed by atoms with Gasteiger partial charge in [-0.3, -0.25) is 14.5 Å². The topological polar surface area (TPSA) is 44.5 Å². The number of benzene rings is 1. The SMILES string of the molecule is Cn1cc(CN2CCN(Cc3ccc(F)c(F)c3)[C@@H](CCO)C2)cn1. The number of nitrogens with zero attached hydrogens (tertiary/aromatic N) is 4. The zero-order valence-electron chi connectivity index (χ0n) is 14.4. The lowest BCUT2D eigenvalue weighted by Crippen LogP contribution is -2.52. The van der Waals surface area contributed by atoms with Gasteiger partial charge in [0.25, 0.3) is 0 Å². The summed E-state index contributed by atoms with van der Waals surface area (Å²) in [6.45, 7) is 4.04. The van der Waals surface area contributed by atoms with Gasteiger partial charge in [-0.2, -0.15) is 5.10 Å². The first-order valence-electron chi connectivity index (χ1n) is 8.54. The third kappa shape index (κ3) is 4.62. The van der Waals surface area contributed by atoms with E-state index in [0.29, 0.717) is 13.0 Å². The van der Waals surface area contributed by atoms with Crippen LogP contribution in [-0.4, -0.2) is 57.0 Å². The molecule has 0 bridgehead atoms. The Kier molecular flexibility index (Phi) is 5.78. The van der Waals surface area contributed by atoms with Gasteiger partial charge in [-0.1, -0.05) is 6.07 Å². The zero-order chi connectivity index (χ0) is 17.8. The first-order chi connectivity index (χ1) is 12.0. The van der Waals surface area contributed by atoms with Crippen LogP contribution in [0.3, 0.4) is 0 Å². The number of rotatable bonds is 6. The third-order valence-corrected chi connectivity index (χ3v) is 4.69. The van der Waals surface area contributed by atoms with E-state index >= 15 is 0 Å². The predicted octanol–water partition coefficient (Wildman–Crippen LogP) is 1.77. The van der Waals surface area contributed by atoms with Crippen molar-refractivity contribution in [2.24, 2.45) is 7.05 Å². The maximum atomic E-state index is 13.4. The van der Waals surface area contributed by atoms with Gasteiger partial charge < -0.3 is 5.11 Å². The molecule has 0 spiro atoms.